The number of nitrogens with zero attached hydrogens (tertiary/aromatic N) is 2. The lowest BCUT2D eigenvalue weighted by atomic mass is 9.95. The lowest BCUT2D eigenvalue weighted by Gasteiger charge is -2.23. The van der Waals surface area contributed by atoms with Crippen molar-refractivity contribution in [3.63, 3.8) is 0 Å². The number of carbonyl (C=O) groups is 2. The molecule has 0 saturated carbocycles. The number of anilines is 1. The summed E-state index contributed by atoms with van der Waals surface area (Å²) < 4.78 is 33.5. The Labute approximate surface area is 201 Å². The predicted octanol–water partition coefficient (Wildman–Crippen LogP) is 4.92. The maximum Gasteiger partial charge on any atom is 0.301 e. The van der Waals surface area contributed by atoms with E-state index in [4.69, 9.17) is 4.74 Å². The monoisotopic (exact) mass is 494 g/mol. The Balaban J connectivity index is 1.76. The number of ether oxygens (including phenoxy) is 1. The number of amides is 1. The minimum absolute atomic E-state index is 0.0482. The molecule has 3 aromatic carbocycles. The van der Waals surface area contributed by atoms with E-state index in [-0.39, 0.29) is 38.0 Å². The van der Waals surface area contributed by atoms with Crippen molar-refractivity contribution in [1.82, 2.24) is 4.98 Å². The molecule has 1 saturated heterocycles. The highest BCUT2D eigenvalue weighted by Crippen LogP contribution is 2.45. The van der Waals surface area contributed by atoms with Gasteiger partial charge in [-0.15, -0.1) is 0 Å². The van der Waals surface area contributed by atoms with Crippen LogP contribution in [0.3, 0.4) is 0 Å². The highest BCUT2D eigenvalue weighted by molar-refractivity contribution is 7.22. The molecule has 0 bridgehead atoms. The quantitative estimate of drug-likeness (QED) is 0.238. The first-order chi connectivity index (χ1) is 16.8. The maximum absolute atomic E-state index is 14.3. The number of aromatic hydroxyl groups is 1. The number of hydrogen-bond donors (Lipinski definition) is 2. The second-order valence-corrected chi connectivity index (χ2v) is 8.70. The molecule has 5 rings (SSSR count). The van der Waals surface area contributed by atoms with Crippen LogP contribution in [0.2, 0.25) is 0 Å². The van der Waals surface area contributed by atoms with Crippen LogP contribution >= 0.6 is 11.3 Å². The molecule has 35 heavy (non-hydrogen) atoms. The Hall–Kier alpha value is -4.31. The number of aliphatic hydroxyl groups excluding tert-OH is 1. The van der Waals surface area contributed by atoms with Gasteiger partial charge in [-0.2, -0.15) is 0 Å². The van der Waals surface area contributed by atoms with Gasteiger partial charge in [-0.3, -0.25) is 14.5 Å². The summed E-state index contributed by atoms with van der Waals surface area (Å²) in [5, 5.41) is 20.9. The molecule has 1 aliphatic rings. The predicted molar refractivity (Wildman–Crippen MR) is 125 cm³/mol. The molecule has 1 aromatic heterocycles. The minimum Gasteiger partial charge on any atom is -0.508 e. The van der Waals surface area contributed by atoms with Crippen molar-refractivity contribution in [2.45, 2.75) is 6.04 Å². The first-order valence-electron chi connectivity index (χ1n) is 10.3. The lowest BCUT2D eigenvalue weighted by Crippen LogP contribution is -2.29. The van der Waals surface area contributed by atoms with E-state index >= 15 is 0 Å². The third-order valence-corrected chi connectivity index (χ3v) is 6.62. The van der Waals surface area contributed by atoms with Crippen molar-refractivity contribution in [2.75, 3.05) is 12.0 Å². The van der Waals surface area contributed by atoms with E-state index in [2.05, 4.69) is 4.98 Å². The van der Waals surface area contributed by atoms with Gasteiger partial charge in [0, 0.05) is 6.07 Å². The van der Waals surface area contributed by atoms with E-state index in [9.17, 15) is 28.6 Å². The molecule has 1 aliphatic heterocycles. The molecule has 0 aliphatic carbocycles. The van der Waals surface area contributed by atoms with Crippen LogP contribution in [-0.2, 0) is 9.59 Å². The van der Waals surface area contributed by atoms with E-state index in [0.29, 0.717) is 11.6 Å². The molecule has 0 spiro atoms. The number of fused-ring (bicyclic) bond motifs is 1. The molecule has 1 unspecified atom stereocenters. The smallest absolute Gasteiger partial charge is 0.301 e. The van der Waals surface area contributed by atoms with Crippen molar-refractivity contribution < 1.29 is 33.3 Å². The maximum atomic E-state index is 14.3. The lowest BCUT2D eigenvalue weighted by molar-refractivity contribution is -0.132. The second-order valence-electron chi connectivity index (χ2n) is 7.69. The van der Waals surface area contributed by atoms with Gasteiger partial charge in [0.05, 0.1) is 29.0 Å². The summed E-state index contributed by atoms with van der Waals surface area (Å²) in [6, 6.07) is 12.8. The summed E-state index contributed by atoms with van der Waals surface area (Å²) >= 11 is 0.831. The van der Waals surface area contributed by atoms with Gasteiger partial charge in [0.25, 0.3) is 5.78 Å². The van der Waals surface area contributed by atoms with Crippen LogP contribution in [-0.4, -0.2) is 34.0 Å². The summed E-state index contributed by atoms with van der Waals surface area (Å²) in [6.07, 6.45) is 0. The number of carbonyl (C=O) groups excluding carboxylic acids is 2. The van der Waals surface area contributed by atoms with Crippen LogP contribution in [0, 0.1) is 11.6 Å². The van der Waals surface area contributed by atoms with E-state index in [1.165, 1.54) is 37.4 Å². The number of Topliss-reactive ketones (excluding diaryl/α,β-unsaturated/α-hetero) is 1. The summed E-state index contributed by atoms with van der Waals surface area (Å²) in [7, 11) is 1.40. The van der Waals surface area contributed by atoms with Gasteiger partial charge in [0.1, 0.15) is 28.6 Å². The third-order valence-electron chi connectivity index (χ3n) is 5.62. The normalized spacial score (nSPS) is 17.3. The van der Waals surface area contributed by atoms with Crippen molar-refractivity contribution in [3.05, 3.63) is 89.0 Å². The number of hydrogen-bond acceptors (Lipinski definition) is 7. The van der Waals surface area contributed by atoms with E-state index in [0.717, 1.165) is 22.3 Å². The largest absolute Gasteiger partial charge is 0.508 e. The minimum atomic E-state index is -1.16. The summed E-state index contributed by atoms with van der Waals surface area (Å²) in [5.74, 6) is -3.95. The number of phenols is 1. The Bertz CT molecular complexity index is 1530. The number of benzene rings is 3. The number of para-hydroxylation sites is 1. The van der Waals surface area contributed by atoms with Gasteiger partial charge < -0.3 is 14.9 Å². The Morgan fingerprint density at radius 3 is 2.51 bits per heavy atom. The van der Waals surface area contributed by atoms with Crippen LogP contribution in [0.4, 0.5) is 13.9 Å². The molecule has 7 nitrogen and oxygen atoms in total. The molecule has 2 N–H and O–H groups in total. The van der Waals surface area contributed by atoms with Crippen molar-refractivity contribution >= 4 is 44.1 Å². The third kappa shape index (κ3) is 3.68. The van der Waals surface area contributed by atoms with Crippen molar-refractivity contribution in [1.29, 1.82) is 0 Å². The summed E-state index contributed by atoms with van der Waals surface area (Å²) in [6.45, 7) is 0. The number of methoxy groups -OCH3 is 1. The number of rotatable bonds is 4. The van der Waals surface area contributed by atoms with Crippen molar-refractivity contribution in [2.24, 2.45) is 0 Å². The number of thiazole rings is 1. The van der Waals surface area contributed by atoms with Crippen LogP contribution in [0.25, 0.3) is 16.0 Å². The van der Waals surface area contributed by atoms with Crippen molar-refractivity contribution in [3.8, 4) is 11.5 Å². The molecule has 10 heteroatoms. The number of aliphatic hydroxyl groups is 1. The van der Waals surface area contributed by atoms with Gasteiger partial charge in [0.2, 0.25) is 0 Å². The second kappa shape index (κ2) is 8.48. The number of halogens is 2. The number of phenolic OH excluding ortho intramolecular Hbond substituents is 1. The van der Waals surface area contributed by atoms with Gasteiger partial charge in [-0.1, -0.05) is 35.6 Å². The molecule has 1 amide bonds. The molecule has 0 radical (unpaired) electrons. The van der Waals surface area contributed by atoms with Crippen LogP contribution in [0.1, 0.15) is 17.2 Å². The average molecular weight is 494 g/mol. The average Bonchev–Trinajstić information content (AvgIpc) is 3.38. The van der Waals surface area contributed by atoms with E-state index < -0.39 is 35.1 Å². The number of aromatic nitrogens is 1. The first-order valence-corrected chi connectivity index (χ1v) is 11.1. The first kappa shape index (κ1) is 22.5. The molecule has 4 aromatic rings. The van der Waals surface area contributed by atoms with Gasteiger partial charge in [0.15, 0.2) is 10.9 Å². The van der Waals surface area contributed by atoms with Crippen LogP contribution < -0.4 is 9.64 Å². The Kier molecular flexibility index (Phi) is 5.45. The van der Waals surface area contributed by atoms with Gasteiger partial charge >= 0.3 is 5.91 Å². The van der Waals surface area contributed by atoms with E-state index in [1.807, 2.05) is 0 Å². The van der Waals surface area contributed by atoms with E-state index in [1.54, 1.807) is 18.2 Å². The highest BCUT2D eigenvalue weighted by atomic mass is 32.1. The van der Waals surface area contributed by atoms with Gasteiger partial charge in [-0.05, 0) is 35.9 Å². The van der Waals surface area contributed by atoms with Crippen LogP contribution in [0.15, 0.2) is 66.2 Å². The van der Waals surface area contributed by atoms with Crippen LogP contribution in [0.5, 0.6) is 11.5 Å². The molecule has 2 heterocycles. The summed E-state index contributed by atoms with van der Waals surface area (Å²) in [5.41, 5.74) is 0.178. The molecular weight excluding hydrogens is 478 g/mol. The molecule has 1 atom stereocenters. The summed E-state index contributed by atoms with van der Waals surface area (Å²) in [4.78, 5) is 31.7. The molecule has 176 valence electrons. The SMILES string of the molecule is COc1ccccc1/C(O)=C1\C(=O)C(=O)N(c2nc3c(F)cc(F)cc3s2)C1c1ccc(O)cc1. The fourth-order valence-electron chi connectivity index (χ4n) is 4.04. The highest BCUT2D eigenvalue weighted by Gasteiger charge is 2.48. The zero-order chi connectivity index (χ0) is 24.9. The number of ketones is 1. The zero-order valence-electron chi connectivity index (χ0n) is 18.0. The fourth-order valence-corrected chi connectivity index (χ4v) is 5.07. The van der Waals surface area contributed by atoms with Gasteiger partial charge in [-0.25, -0.2) is 13.8 Å². The topological polar surface area (TPSA) is 100.0 Å². The molecular formula is C25H16F2N2O5S. The Morgan fingerprint density at radius 2 is 1.80 bits per heavy atom. The molecule has 1 fully saturated rings. The fraction of sp³-hybridized carbons (Fsp3) is 0.0800. The Morgan fingerprint density at radius 1 is 1.09 bits per heavy atom. The zero-order valence-corrected chi connectivity index (χ0v) is 18.8. The standard InChI is InChI=1S/C25H16F2N2O5S/c1-34-17-5-3-2-4-15(17)22(31)19-21(12-6-8-14(30)9-7-12)29(24(33)23(19)32)25-28-20-16(27)10-13(26)11-18(20)35-25/h2-11,21,30-31H,1H3/b22-19+.